The molecule has 0 saturated heterocycles. The number of amides is 2. The van der Waals surface area contributed by atoms with E-state index in [4.69, 9.17) is 16.2 Å². The Hall–Kier alpha value is -4.60. The summed E-state index contributed by atoms with van der Waals surface area (Å²) < 4.78 is 0. The van der Waals surface area contributed by atoms with Crippen molar-refractivity contribution in [2.24, 2.45) is 5.73 Å². The van der Waals surface area contributed by atoms with Gasteiger partial charge in [0.15, 0.2) is 0 Å². The lowest BCUT2D eigenvalue weighted by Crippen LogP contribution is -2.27. The molecule has 0 fully saturated rings. The molecule has 32 heavy (non-hydrogen) atoms. The molecule has 2 heterocycles. The fraction of sp³-hybridized carbons (Fsp3) is 0.0909. The van der Waals surface area contributed by atoms with Crippen molar-refractivity contribution >= 4 is 51.1 Å². The number of nitrogens with two attached hydrogens (primary N) is 1. The van der Waals surface area contributed by atoms with Crippen LogP contribution < -0.4 is 16.4 Å². The topological polar surface area (TPSA) is 177 Å². The maximum Gasteiger partial charge on any atom is 0.335 e. The monoisotopic (exact) mass is 432 g/mol. The Morgan fingerprint density at radius 2 is 1.53 bits per heavy atom. The molecule has 2 amide bonds. The van der Waals surface area contributed by atoms with E-state index in [1.54, 1.807) is 36.4 Å². The van der Waals surface area contributed by atoms with Gasteiger partial charge in [-0.15, -0.1) is 0 Å². The molecule has 4 aromatic rings. The molecule has 2 aromatic heterocycles. The molecule has 0 atom stereocenters. The smallest absolute Gasteiger partial charge is 0.335 e. The Kier molecular flexibility index (Phi) is 5.34. The van der Waals surface area contributed by atoms with Gasteiger partial charge in [-0.05, 0) is 48.5 Å². The molecule has 4 rings (SSSR count). The van der Waals surface area contributed by atoms with Crippen molar-refractivity contribution in [2.75, 3.05) is 11.9 Å². The van der Waals surface area contributed by atoms with Crippen LogP contribution in [0, 0.1) is 5.41 Å². The minimum absolute atomic E-state index is 0.000352. The average molecular weight is 432 g/mol. The highest BCUT2D eigenvalue weighted by Gasteiger charge is 2.13. The SMILES string of the molecule is N=C(N)CCNC(=O)c1cc2cc(NC(=O)c3cc4cc(C(=O)O)ccc4[nH]3)ccc2[nH]1. The molecule has 0 aliphatic rings. The van der Waals surface area contributed by atoms with Crippen LogP contribution >= 0.6 is 0 Å². The van der Waals surface area contributed by atoms with Crippen LogP contribution in [0.15, 0.2) is 48.5 Å². The molecule has 0 saturated carbocycles. The Labute approximate surface area is 181 Å². The summed E-state index contributed by atoms with van der Waals surface area (Å²) in [7, 11) is 0. The lowest BCUT2D eigenvalue weighted by atomic mass is 10.1. The number of carboxylic acid groups (broad SMARTS) is 1. The number of benzene rings is 2. The van der Waals surface area contributed by atoms with Gasteiger partial charge < -0.3 is 31.4 Å². The zero-order valence-corrected chi connectivity index (χ0v) is 16.8. The number of carbonyl (C=O) groups is 3. The van der Waals surface area contributed by atoms with Gasteiger partial charge in [0.25, 0.3) is 11.8 Å². The predicted octanol–water partition coefficient (Wildman–Crippen LogP) is 2.66. The standard InChI is InChI=1S/C22H20N6O4/c23-19(24)5-6-25-20(29)17-10-13-8-14(2-4-16(13)27-17)26-21(30)18-9-12-7-11(22(31)32)1-3-15(12)28-18/h1-4,7-10,27-28H,5-6H2,(H3,23,24)(H,25,29)(H,26,30)(H,31,32). The van der Waals surface area contributed by atoms with Crippen molar-refractivity contribution in [3.8, 4) is 0 Å². The first-order chi connectivity index (χ1) is 15.3. The third-order valence-corrected chi connectivity index (χ3v) is 4.92. The van der Waals surface area contributed by atoms with E-state index in [1.165, 1.54) is 12.1 Å². The van der Waals surface area contributed by atoms with Gasteiger partial charge in [0.2, 0.25) is 0 Å². The number of hydrogen-bond donors (Lipinski definition) is 7. The fourth-order valence-electron chi connectivity index (χ4n) is 3.33. The number of aromatic carboxylic acids is 1. The number of aromatic nitrogens is 2. The molecule has 2 aromatic carbocycles. The van der Waals surface area contributed by atoms with Gasteiger partial charge in [0.1, 0.15) is 11.4 Å². The maximum absolute atomic E-state index is 12.7. The summed E-state index contributed by atoms with van der Waals surface area (Å²) in [5.41, 5.74) is 7.99. The summed E-state index contributed by atoms with van der Waals surface area (Å²) in [6.07, 6.45) is 0.271. The van der Waals surface area contributed by atoms with Gasteiger partial charge in [-0.1, -0.05) is 0 Å². The lowest BCUT2D eigenvalue weighted by molar-refractivity contribution is 0.0696. The van der Waals surface area contributed by atoms with Crippen molar-refractivity contribution in [2.45, 2.75) is 6.42 Å². The zero-order valence-electron chi connectivity index (χ0n) is 16.8. The first-order valence-electron chi connectivity index (χ1n) is 9.71. The van der Waals surface area contributed by atoms with Gasteiger partial charge in [0, 0.05) is 40.5 Å². The van der Waals surface area contributed by atoms with Crippen LogP contribution in [0.2, 0.25) is 0 Å². The van der Waals surface area contributed by atoms with Crippen LogP contribution in [0.25, 0.3) is 21.8 Å². The van der Waals surface area contributed by atoms with Gasteiger partial charge in [-0.3, -0.25) is 15.0 Å². The predicted molar refractivity (Wildman–Crippen MR) is 120 cm³/mol. The molecular weight excluding hydrogens is 412 g/mol. The van der Waals surface area contributed by atoms with Crippen LogP contribution in [0.3, 0.4) is 0 Å². The molecular formula is C22H20N6O4. The molecule has 8 N–H and O–H groups in total. The number of fused-ring (bicyclic) bond motifs is 2. The van der Waals surface area contributed by atoms with E-state index in [1.807, 2.05) is 0 Å². The highest BCUT2D eigenvalue weighted by molar-refractivity contribution is 6.07. The van der Waals surface area contributed by atoms with Crippen LogP contribution in [-0.4, -0.2) is 45.2 Å². The number of anilines is 1. The first kappa shape index (κ1) is 20.7. The van der Waals surface area contributed by atoms with Crippen molar-refractivity contribution in [3.63, 3.8) is 0 Å². The molecule has 0 radical (unpaired) electrons. The number of nitrogens with one attached hydrogen (secondary N) is 5. The van der Waals surface area contributed by atoms with Crippen LogP contribution in [-0.2, 0) is 0 Å². The van der Waals surface area contributed by atoms with Crippen LogP contribution in [0.5, 0.6) is 0 Å². The number of amidine groups is 1. The van der Waals surface area contributed by atoms with Gasteiger partial charge >= 0.3 is 5.97 Å². The fourth-order valence-corrected chi connectivity index (χ4v) is 3.33. The molecule has 10 heteroatoms. The quantitative estimate of drug-likeness (QED) is 0.175. The number of H-pyrrole nitrogens is 2. The second-order valence-electron chi connectivity index (χ2n) is 7.26. The summed E-state index contributed by atoms with van der Waals surface area (Å²) in [4.78, 5) is 42.0. The summed E-state index contributed by atoms with van der Waals surface area (Å²) in [5, 5.41) is 23.1. The number of rotatable bonds is 7. The summed E-state index contributed by atoms with van der Waals surface area (Å²) in [6.45, 7) is 0.267. The van der Waals surface area contributed by atoms with E-state index < -0.39 is 5.97 Å². The van der Waals surface area contributed by atoms with Gasteiger partial charge in [0.05, 0.1) is 11.4 Å². The van der Waals surface area contributed by atoms with E-state index >= 15 is 0 Å². The van der Waals surface area contributed by atoms with Gasteiger partial charge in [-0.25, -0.2) is 4.79 Å². The minimum atomic E-state index is -1.04. The largest absolute Gasteiger partial charge is 0.478 e. The number of aromatic amines is 2. The molecule has 10 nitrogen and oxygen atoms in total. The highest BCUT2D eigenvalue weighted by atomic mass is 16.4. The maximum atomic E-state index is 12.7. The Morgan fingerprint density at radius 3 is 2.19 bits per heavy atom. The van der Waals surface area contributed by atoms with Crippen molar-refractivity contribution in [3.05, 3.63) is 65.5 Å². The summed E-state index contributed by atoms with van der Waals surface area (Å²) in [5.74, 6) is -1.73. The highest BCUT2D eigenvalue weighted by Crippen LogP contribution is 2.22. The van der Waals surface area contributed by atoms with Crippen LogP contribution in [0.4, 0.5) is 5.69 Å². The molecule has 0 aliphatic heterocycles. The third-order valence-electron chi connectivity index (χ3n) is 4.92. The summed E-state index contributed by atoms with van der Waals surface area (Å²) >= 11 is 0. The number of carboxylic acids is 1. The normalized spacial score (nSPS) is 10.9. The zero-order chi connectivity index (χ0) is 22.8. The summed E-state index contributed by atoms with van der Waals surface area (Å²) in [6, 6.07) is 13.0. The van der Waals surface area contributed by atoms with E-state index in [0.29, 0.717) is 28.0 Å². The van der Waals surface area contributed by atoms with Crippen molar-refractivity contribution in [1.82, 2.24) is 15.3 Å². The second-order valence-corrected chi connectivity index (χ2v) is 7.26. The Bertz CT molecular complexity index is 1380. The third kappa shape index (κ3) is 4.29. The minimum Gasteiger partial charge on any atom is -0.478 e. The first-order valence-corrected chi connectivity index (χ1v) is 9.71. The lowest BCUT2D eigenvalue weighted by Gasteiger charge is -2.03. The molecule has 0 spiro atoms. The van der Waals surface area contributed by atoms with E-state index in [0.717, 1.165) is 10.9 Å². The number of hydrogen-bond acceptors (Lipinski definition) is 4. The average Bonchev–Trinajstić information content (AvgIpc) is 3.36. The van der Waals surface area contributed by atoms with E-state index in [2.05, 4.69) is 20.6 Å². The van der Waals surface area contributed by atoms with Crippen LogP contribution in [0.1, 0.15) is 37.8 Å². The van der Waals surface area contributed by atoms with Crippen molar-refractivity contribution in [1.29, 1.82) is 5.41 Å². The van der Waals surface area contributed by atoms with E-state index in [9.17, 15) is 14.4 Å². The molecule has 162 valence electrons. The molecule has 0 unspecified atom stereocenters. The number of carbonyl (C=O) groups excluding carboxylic acids is 2. The molecule has 0 aliphatic carbocycles. The van der Waals surface area contributed by atoms with Gasteiger partial charge in [-0.2, -0.15) is 0 Å². The molecule has 0 bridgehead atoms. The van der Waals surface area contributed by atoms with Crippen molar-refractivity contribution < 1.29 is 19.5 Å². The Balaban J connectivity index is 1.49. The Morgan fingerprint density at radius 1 is 0.906 bits per heavy atom. The second kappa shape index (κ2) is 8.26. The van der Waals surface area contributed by atoms with E-state index in [-0.39, 0.29) is 36.2 Å².